The van der Waals surface area contributed by atoms with Crippen LogP contribution in [0.15, 0.2) is 24.3 Å². The second-order valence-corrected chi connectivity index (χ2v) is 7.03. The van der Waals surface area contributed by atoms with Gasteiger partial charge in [-0.2, -0.15) is 0 Å². The first-order valence-electron chi connectivity index (χ1n) is 9.50. The summed E-state index contributed by atoms with van der Waals surface area (Å²) in [7, 11) is 0. The molecule has 3 N–H and O–H groups in total. The highest BCUT2D eigenvalue weighted by Crippen LogP contribution is 2.16. The number of nitro groups is 1. The SMILES string of the molecule is O=C(NCC(=O)N1CCC(N2CCNCC2)C1)NCc1ccc([N+](=O)[O-])cc1. The molecule has 3 rings (SSSR count). The second-order valence-electron chi connectivity index (χ2n) is 7.03. The fraction of sp³-hybridized carbons (Fsp3) is 0.556. The van der Waals surface area contributed by atoms with Gasteiger partial charge in [-0.25, -0.2) is 4.79 Å². The summed E-state index contributed by atoms with van der Waals surface area (Å²) in [5.74, 6) is -0.0804. The number of hydrogen-bond acceptors (Lipinski definition) is 6. The Morgan fingerprint density at radius 1 is 1.14 bits per heavy atom. The highest BCUT2D eigenvalue weighted by molar-refractivity contribution is 5.84. The molecule has 10 nitrogen and oxygen atoms in total. The Balaban J connectivity index is 1.36. The third-order valence-corrected chi connectivity index (χ3v) is 5.18. The fourth-order valence-corrected chi connectivity index (χ4v) is 3.56. The van der Waals surface area contributed by atoms with Crippen LogP contribution in [0.3, 0.4) is 0 Å². The first-order valence-corrected chi connectivity index (χ1v) is 9.50. The molecule has 0 aromatic heterocycles. The Morgan fingerprint density at radius 2 is 1.86 bits per heavy atom. The average Bonchev–Trinajstić information content (AvgIpc) is 3.22. The van der Waals surface area contributed by atoms with E-state index < -0.39 is 11.0 Å². The molecule has 3 amide bonds. The molecule has 0 bridgehead atoms. The van der Waals surface area contributed by atoms with Crippen molar-refractivity contribution < 1.29 is 14.5 Å². The van der Waals surface area contributed by atoms with Crippen molar-refractivity contribution in [3.63, 3.8) is 0 Å². The predicted molar refractivity (Wildman–Crippen MR) is 103 cm³/mol. The second kappa shape index (κ2) is 9.47. The number of amides is 3. The number of nitrogens with one attached hydrogen (secondary N) is 3. The standard InChI is InChI=1S/C18H26N6O4/c25-17(23-8-5-16(13-23)22-9-6-19-7-10-22)12-21-18(26)20-11-14-1-3-15(4-2-14)24(27)28/h1-4,16,19H,5-13H2,(H2,20,21,26). The van der Waals surface area contributed by atoms with Crippen LogP contribution in [0.25, 0.3) is 0 Å². The first-order chi connectivity index (χ1) is 13.5. The number of likely N-dealkylation sites (tertiary alicyclic amines) is 1. The van der Waals surface area contributed by atoms with Gasteiger partial charge in [0.15, 0.2) is 0 Å². The molecule has 2 aliphatic heterocycles. The smallest absolute Gasteiger partial charge is 0.315 e. The molecular formula is C18H26N6O4. The third-order valence-electron chi connectivity index (χ3n) is 5.18. The fourth-order valence-electron chi connectivity index (χ4n) is 3.56. The van der Waals surface area contributed by atoms with Gasteiger partial charge in [0.1, 0.15) is 0 Å². The number of nitrogens with zero attached hydrogens (tertiary/aromatic N) is 3. The molecule has 1 unspecified atom stereocenters. The minimum absolute atomic E-state index is 0.00327. The third kappa shape index (κ3) is 5.40. The molecule has 2 fully saturated rings. The van der Waals surface area contributed by atoms with Gasteiger partial charge in [-0.05, 0) is 12.0 Å². The summed E-state index contributed by atoms with van der Waals surface area (Å²) in [6.07, 6.45) is 0.970. The van der Waals surface area contributed by atoms with E-state index in [1.54, 1.807) is 12.1 Å². The van der Waals surface area contributed by atoms with E-state index in [1.165, 1.54) is 12.1 Å². The number of urea groups is 1. The van der Waals surface area contributed by atoms with E-state index in [9.17, 15) is 19.7 Å². The minimum atomic E-state index is -0.472. The van der Waals surface area contributed by atoms with Crippen LogP contribution < -0.4 is 16.0 Å². The summed E-state index contributed by atoms with van der Waals surface area (Å²) in [6, 6.07) is 5.92. The lowest BCUT2D eigenvalue weighted by Gasteiger charge is -2.32. The van der Waals surface area contributed by atoms with Crippen LogP contribution in [0.2, 0.25) is 0 Å². The summed E-state index contributed by atoms with van der Waals surface area (Å²) in [4.78, 5) is 38.6. The maximum atomic E-state index is 12.3. The van der Waals surface area contributed by atoms with Crippen LogP contribution in [0, 0.1) is 10.1 Å². The Morgan fingerprint density at radius 3 is 2.54 bits per heavy atom. The van der Waals surface area contributed by atoms with Crippen molar-refractivity contribution in [1.29, 1.82) is 0 Å². The molecule has 2 aliphatic rings. The molecule has 28 heavy (non-hydrogen) atoms. The van der Waals surface area contributed by atoms with Crippen LogP contribution in [-0.4, -0.2) is 78.5 Å². The summed E-state index contributed by atoms with van der Waals surface area (Å²) in [5, 5.41) is 19.2. The summed E-state index contributed by atoms with van der Waals surface area (Å²) in [6.45, 7) is 5.62. The first kappa shape index (κ1) is 20.0. The summed E-state index contributed by atoms with van der Waals surface area (Å²) >= 11 is 0. The quantitative estimate of drug-likeness (QED) is 0.461. The number of carbonyl (C=O) groups excluding carboxylic acids is 2. The Kier molecular flexibility index (Phi) is 6.77. The van der Waals surface area contributed by atoms with Crippen molar-refractivity contribution >= 4 is 17.6 Å². The highest BCUT2D eigenvalue weighted by Gasteiger charge is 2.30. The molecule has 1 atom stereocenters. The Hall–Kier alpha value is -2.72. The molecule has 0 spiro atoms. The van der Waals surface area contributed by atoms with Gasteiger partial charge in [0.25, 0.3) is 5.69 Å². The summed E-state index contributed by atoms with van der Waals surface area (Å²) in [5.41, 5.74) is 0.744. The van der Waals surface area contributed by atoms with Crippen LogP contribution in [0.1, 0.15) is 12.0 Å². The van der Waals surface area contributed by atoms with E-state index in [4.69, 9.17) is 0 Å². The van der Waals surface area contributed by atoms with E-state index in [0.717, 1.165) is 44.7 Å². The average molecular weight is 390 g/mol. The topological polar surface area (TPSA) is 120 Å². The normalized spacial score (nSPS) is 20.0. The number of carbonyl (C=O) groups is 2. The van der Waals surface area contributed by atoms with Gasteiger partial charge in [0.2, 0.25) is 5.91 Å². The maximum Gasteiger partial charge on any atom is 0.315 e. The van der Waals surface area contributed by atoms with Crippen LogP contribution >= 0.6 is 0 Å². The molecule has 2 saturated heterocycles. The Bertz CT molecular complexity index is 705. The van der Waals surface area contributed by atoms with Crippen molar-refractivity contribution in [3.05, 3.63) is 39.9 Å². The number of nitro benzene ring substituents is 1. The van der Waals surface area contributed by atoms with E-state index >= 15 is 0 Å². The molecule has 1 aromatic carbocycles. The molecular weight excluding hydrogens is 364 g/mol. The van der Waals surface area contributed by atoms with Gasteiger partial charge in [-0.3, -0.25) is 19.8 Å². The van der Waals surface area contributed by atoms with Gasteiger partial charge in [0, 0.05) is 64.0 Å². The van der Waals surface area contributed by atoms with E-state index in [1.807, 2.05) is 4.90 Å². The minimum Gasteiger partial charge on any atom is -0.340 e. The molecule has 0 aliphatic carbocycles. The molecule has 2 heterocycles. The monoisotopic (exact) mass is 390 g/mol. The zero-order chi connectivity index (χ0) is 19.9. The van der Waals surface area contributed by atoms with Crippen molar-refractivity contribution in [2.24, 2.45) is 0 Å². The van der Waals surface area contributed by atoms with Gasteiger partial charge >= 0.3 is 6.03 Å². The van der Waals surface area contributed by atoms with Crippen LogP contribution in [0.5, 0.6) is 0 Å². The van der Waals surface area contributed by atoms with Gasteiger partial charge in [-0.15, -0.1) is 0 Å². The van der Waals surface area contributed by atoms with E-state index in [2.05, 4.69) is 20.9 Å². The molecule has 10 heteroatoms. The largest absolute Gasteiger partial charge is 0.340 e. The van der Waals surface area contributed by atoms with Crippen molar-refractivity contribution in [3.8, 4) is 0 Å². The lowest BCUT2D eigenvalue weighted by Crippen LogP contribution is -2.50. The highest BCUT2D eigenvalue weighted by atomic mass is 16.6. The number of non-ortho nitro benzene ring substituents is 1. The number of piperazine rings is 1. The number of rotatable bonds is 6. The zero-order valence-corrected chi connectivity index (χ0v) is 15.7. The van der Waals surface area contributed by atoms with Crippen LogP contribution in [0.4, 0.5) is 10.5 Å². The molecule has 152 valence electrons. The molecule has 0 saturated carbocycles. The number of hydrogen-bond donors (Lipinski definition) is 3. The maximum absolute atomic E-state index is 12.3. The molecule has 1 aromatic rings. The van der Waals surface area contributed by atoms with Crippen LogP contribution in [-0.2, 0) is 11.3 Å². The zero-order valence-electron chi connectivity index (χ0n) is 15.7. The summed E-state index contributed by atoms with van der Waals surface area (Å²) < 4.78 is 0. The van der Waals surface area contributed by atoms with Crippen molar-refractivity contribution in [2.75, 3.05) is 45.8 Å². The van der Waals surface area contributed by atoms with E-state index in [0.29, 0.717) is 12.6 Å². The van der Waals surface area contributed by atoms with Gasteiger partial charge < -0.3 is 20.9 Å². The van der Waals surface area contributed by atoms with Gasteiger partial charge in [-0.1, -0.05) is 12.1 Å². The lowest BCUT2D eigenvalue weighted by molar-refractivity contribution is -0.384. The Labute approximate surface area is 163 Å². The van der Waals surface area contributed by atoms with E-state index in [-0.39, 0.29) is 24.7 Å². The molecule has 0 radical (unpaired) electrons. The number of benzene rings is 1. The van der Waals surface area contributed by atoms with Gasteiger partial charge in [0.05, 0.1) is 11.5 Å². The lowest BCUT2D eigenvalue weighted by atomic mass is 10.2. The van der Waals surface area contributed by atoms with Crippen molar-refractivity contribution in [1.82, 2.24) is 25.8 Å². The predicted octanol–water partition coefficient (Wildman–Crippen LogP) is -0.0999. The van der Waals surface area contributed by atoms with Crippen molar-refractivity contribution in [2.45, 2.75) is 19.0 Å².